The summed E-state index contributed by atoms with van der Waals surface area (Å²) >= 11 is 3.49. The van der Waals surface area contributed by atoms with Gasteiger partial charge in [-0.2, -0.15) is 0 Å². The highest BCUT2D eigenvalue weighted by Crippen LogP contribution is 2.26. The van der Waals surface area contributed by atoms with Gasteiger partial charge in [0.1, 0.15) is 0 Å². The van der Waals surface area contributed by atoms with Crippen LogP contribution in [0.1, 0.15) is 12.5 Å². The molecule has 1 aromatic rings. The first-order valence-corrected chi connectivity index (χ1v) is 5.44. The van der Waals surface area contributed by atoms with E-state index in [1.54, 1.807) is 6.92 Å². The highest BCUT2D eigenvalue weighted by molar-refractivity contribution is 9.10. The molecular weight excluding hydrogens is 242 g/mol. The molecule has 2 nitrogen and oxygen atoms in total. The van der Waals surface area contributed by atoms with Crippen molar-refractivity contribution in [1.82, 2.24) is 0 Å². The Bertz CT molecular complexity index is 310. The lowest BCUT2D eigenvalue weighted by Gasteiger charge is -2.16. The van der Waals surface area contributed by atoms with Gasteiger partial charge < -0.3 is 10.0 Å². The maximum absolute atomic E-state index is 9.28. The second-order valence-electron chi connectivity index (χ2n) is 3.73. The number of hydrogen-bond donors (Lipinski definition) is 1. The van der Waals surface area contributed by atoms with Gasteiger partial charge in [0.05, 0.1) is 11.8 Å². The maximum Gasteiger partial charge on any atom is 0.0552 e. The third kappa shape index (κ3) is 3.00. The van der Waals surface area contributed by atoms with Gasteiger partial charge in [-0.15, -0.1) is 0 Å². The number of benzene rings is 1. The fraction of sp³-hybridized carbons (Fsp3) is 0.455. The highest BCUT2D eigenvalue weighted by Gasteiger charge is 2.05. The topological polar surface area (TPSA) is 23.5 Å². The Morgan fingerprint density at radius 2 is 2.07 bits per heavy atom. The molecule has 1 atom stereocenters. The van der Waals surface area contributed by atoms with Gasteiger partial charge >= 0.3 is 0 Å². The maximum atomic E-state index is 9.28. The fourth-order valence-electron chi connectivity index (χ4n) is 1.37. The quantitative estimate of drug-likeness (QED) is 0.900. The number of rotatable bonds is 3. The summed E-state index contributed by atoms with van der Waals surface area (Å²) in [5, 5.41) is 9.28. The number of anilines is 1. The number of halogens is 1. The summed E-state index contributed by atoms with van der Waals surface area (Å²) in [7, 11) is 4.01. The van der Waals surface area contributed by atoms with Crippen LogP contribution in [0, 0.1) is 0 Å². The summed E-state index contributed by atoms with van der Waals surface area (Å²) in [6.07, 6.45) is 0.417. The zero-order chi connectivity index (χ0) is 10.7. The number of hydrogen-bond acceptors (Lipinski definition) is 2. The number of aliphatic hydroxyl groups is 1. The summed E-state index contributed by atoms with van der Waals surface area (Å²) in [6.45, 7) is 1.80. The van der Waals surface area contributed by atoms with Gasteiger partial charge in [-0.05, 0) is 47.0 Å². The first kappa shape index (κ1) is 11.5. The minimum atomic E-state index is -0.286. The lowest BCUT2D eigenvalue weighted by Crippen LogP contribution is -2.11. The van der Waals surface area contributed by atoms with Crippen molar-refractivity contribution in [3.05, 3.63) is 28.2 Å². The highest BCUT2D eigenvalue weighted by atomic mass is 79.9. The van der Waals surface area contributed by atoms with Crippen LogP contribution in [0.3, 0.4) is 0 Å². The minimum absolute atomic E-state index is 0.286. The van der Waals surface area contributed by atoms with E-state index in [1.165, 1.54) is 0 Å². The monoisotopic (exact) mass is 257 g/mol. The largest absolute Gasteiger partial charge is 0.393 e. The first-order valence-electron chi connectivity index (χ1n) is 4.64. The SMILES string of the molecule is CC(O)Cc1ccc(Br)c(N(C)C)c1. The van der Waals surface area contributed by atoms with Gasteiger partial charge in [-0.1, -0.05) is 6.07 Å². The molecule has 1 rings (SSSR count). The van der Waals surface area contributed by atoms with Crippen LogP contribution in [0.15, 0.2) is 22.7 Å². The summed E-state index contributed by atoms with van der Waals surface area (Å²) in [6, 6.07) is 6.15. The van der Waals surface area contributed by atoms with E-state index in [-0.39, 0.29) is 6.10 Å². The molecule has 0 saturated heterocycles. The van der Waals surface area contributed by atoms with E-state index in [0.29, 0.717) is 6.42 Å². The Hall–Kier alpha value is -0.540. The summed E-state index contributed by atoms with van der Waals surface area (Å²) in [5.74, 6) is 0. The van der Waals surface area contributed by atoms with Crippen molar-refractivity contribution >= 4 is 21.6 Å². The van der Waals surface area contributed by atoms with Gasteiger partial charge in [0.25, 0.3) is 0 Å². The van der Waals surface area contributed by atoms with E-state index >= 15 is 0 Å². The van der Waals surface area contributed by atoms with E-state index in [1.807, 2.05) is 26.2 Å². The lowest BCUT2D eigenvalue weighted by molar-refractivity contribution is 0.195. The molecular formula is C11H16BrNO. The smallest absolute Gasteiger partial charge is 0.0552 e. The Balaban J connectivity index is 2.94. The van der Waals surface area contributed by atoms with Crippen molar-refractivity contribution in [3.8, 4) is 0 Å². The van der Waals surface area contributed by atoms with Crippen LogP contribution in [0.2, 0.25) is 0 Å². The minimum Gasteiger partial charge on any atom is -0.393 e. The van der Waals surface area contributed by atoms with Crippen molar-refractivity contribution < 1.29 is 5.11 Å². The average Bonchev–Trinajstić information content (AvgIpc) is 2.07. The van der Waals surface area contributed by atoms with Crippen LogP contribution >= 0.6 is 15.9 Å². The van der Waals surface area contributed by atoms with Gasteiger partial charge in [0.2, 0.25) is 0 Å². The van der Waals surface area contributed by atoms with E-state index in [4.69, 9.17) is 0 Å². The molecule has 1 unspecified atom stereocenters. The van der Waals surface area contributed by atoms with Crippen LogP contribution in [0.5, 0.6) is 0 Å². The number of aliphatic hydroxyl groups excluding tert-OH is 1. The molecule has 3 heteroatoms. The molecule has 0 radical (unpaired) electrons. The zero-order valence-electron chi connectivity index (χ0n) is 8.79. The Kier molecular flexibility index (Phi) is 3.96. The van der Waals surface area contributed by atoms with Crippen molar-refractivity contribution in [1.29, 1.82) is 0 Å². The molecule has 0 spiro atoms. The third-order valence-corrected chi connectivity index (χ3v) is 2.69. The zero-order valence-corrected chi connectivity index (χ0v) is 10.4. The normalized spacial score (nSPS) is 12.6. The van der Waals surface area contributed by atoms with Crippen molar-refractivity contribution in [2.75, 3.05) is 19.0 Å². The van der Waals surface area contributed by atoms with Crippen LogP contribution < -0.4 is 4.90 Å². The van der Waals surface area contributed by atoms with Gasteiger partial charge in [0, 0.05) is 18.6 Å². The molecule has 0 aromatic heterocycles. The molecule has 1 N–H and O–H groups in total. The predicted molar refractivity (Wildman–Crippen MR) is 63.9 cm³/mol. The summed E-state index contributed by atoms with van der Waals surface area (Å²) < 4.78 is 1.08. The molecule has 14 heavy (non-hydrogen) atoms. The van der Waals surface area contributed by atoms with E-state index < -0.39 is 0 Å². The second-order valence-corrected chi connectivity index (χ2v) is 4.59. The molecule has 0 aliphatic rings. The van der Waals surface area contributed by atoms with Gasteiger partial charge in [-0.25, -0.2) is 0 Å². The fourth-order valence-corrected chi connectivity index (χ4v) is 1.97. The molecule has 0 fully saturated rings. The van der Waals surface area contributed by atoms with E-state index in [9.17, 15) is 5.11 Å². The molecule has 0 aliphatic heterocycles. The van der Waals surface area contributed by atoms with Gasteiger partial charge in [-0.3, -0.25) is 0 Å². The van der Waals surface area contributed by atoms with E-state index in [2.05, 4.69) is 26.9 Å². The van der Waals surface area contributed by atoms with Crippen molar-refractivity contribution in [3.63, 3.8) is 0 Å². The van der Waals surface area contributed by atoms with Crippen LogP contribution in [-0.4, -0.2) is 25.3 Å². The van der Waals surface area contributed by atoms with E-state index in [0.717, 1.165) is 15.7 Å². The summed E-state index contributed by atoms with van der Waals surface area (Å²) in [5.41, 5.74) is 2.30. The Morgan fingerprint density at radius 1 is 1.43 bits per heavy atom. The van der Waals surface area contributed by atoms with Crippen molar-refractivity contribution in [2.45, 2.75) is 19.4 Å². The average molecular weight is 258 g/mol. The molecule has 0 bridgehead atoms. The summed E-state index contributed by atoms with van der Waals surface area (Å²) in [4.78, 5) is 2.05. The van der Waals surface area contributed by atoms with Crippen LogP contribution in [0.25, 0.3) is 0 Å². The van der Waals surface area contributed by atoms with Gasteiger partial charge in [0.15, 0.2) is 0 Å². The molecule has 0 aliphatic carbocycles. The van der Waals surface area contributed by atoms with Crippen LogP contribution in [0.4, 0.5) is 5.69 Å². The number of nitrogens with zero attached hydrogens (tertiary/aromatic N) is 1. The molecule has 0 heterocycles. The standard InChI is InChI=1S/C11H16BrNO/c1-8(14)6-9-4-5-10(12)11(7-9)13(2)3/h4-5,7-8,14H,6H2,1-3H3. The predicted octanol–water partition coefficient (Wildman–Crippen LogP) is 2.44. The molecule has 0 amide bonds. The Morgan fingerprint density at radius 3 is 2.57 bits per heavy atom. The molecule has 1 aromatic carbocycles. The molecule has 0 saturated carbocycles. The molecule has 78 valence electrons. The third-order valence-electron chi connectivity index (χ3n) is 2.02. The second kappa shape index (κ2) is 4.80. The first-order chi connectivity index (χ1) is 6.50. The van der Waals surface area contributed by atoms with Crippen LogP contribution in [-0.2, 0) is 6.42 Å². The Labute approximate surface area is 93.7 Å². The van der Waals surface area contributed by atoms with Crippen molar-refractivity contribution in [2.24, 2.45) is 0 Å². The lowest BCUT2D eigenvalue weighted by atomic mass is 10.1.